The predicted octanol–water partition coefficient (Wildman–Crippen LogP) is 6.64. The molecular formula is C34H38N2O2. The van der Waals surface area contributed by atoms with Crippen LogP contribution in [0.5, 0.6) is 0 Å². The summed E-state index contributed by atoms with van der Waals surface area (Å²) in [5, 5.41) is 5.44. The van der Waals surface area contributed by atoms with E-state index in [1.54, 1.807) is 4.90 Å². The molecule has 0 spiro atoms. The van der Waals surface area contributed by atoms with Gasteiger partial charge in [0, 0.05) is 25.9 Å². The molecule has 0 heterocycles. The zero-order chi connectivity index (χ0) is 26.7. The molecule has 4 heteroatoms. The van der Waals surface area contributed by atoms with Gasteiger partial charge in [-0.25, -0.2) is 0 Å². The molecule has 0 fully saturated rings. The number of nitrogens with one attached hydrogen (secondary N) is 1. The normalized spacial score (nSPS) is 11.7. The van der Waals surface area contributed by atoms with Gasteiger partial charge in [0.15, 0.2) is 0 Å². The van der Waals surface area contributed by atoms with Crippen LogP contribution in [0.4, 0.5) is 0 Å². The van der Waals surface area contributed by atoms with E-state index in [-0.39, 0.29) is 11.8 Å². The summed E-state index contributed by atoms with van der Waals surface area (Å²) in [5.74, 6) is -0.0991. The Kier molecular flexibility index (Phi) is 9.69. The van der Waals surface area contributed by atoms with E-state index >= 15 is 0 Å². The topological polar surface area (TPSA) is 49.4 Å². The van der Waals surface area contributed by atoms with Crippen LogP contribution in [-0.2, 0) is 29.0 Å². The number of unbranched alkanes of at least 4 members (excludes halogenated alkanes) is 1. The highest BCUT2D eigenvalue weighted by molar-refractivity contribution is 5.89. The highest BCUT2D eigenvalue weighted by Gasteiger charge is 2.30. The average molecular weight is 507 g/mol. The lowest BCUT2D eigenvalue weighted by atomic mass is 9.99. The van der Waals surface area contributed by atoms with Crippen LogP contribution in [-0.4, -0.2) is 29.3 Å². The molecule has 4 aromatic rings. The highest BCUT2D eigenvalue weighted by Crippen LogP contribution is 2.22. The first-order valence-corrected chi connectivity index (χ1v) is 13.7. The van der Waals surface area contributed by atoms with Gasteiger partial charge in [-0.1, -0.05) is 116 Å². The number of rotatable bonds is 12. The second-order valence-electron chi connectivity index (χ2n) is 10.00. The molecule has 1 N–H and O–H groups in total. The van der Waals surface area contributed by atoms with Crippen LogP contribution >= 0.6 is 0 Å². The van der Waals surface area contributed by atoms with Crippen molar-refractivity contribution in [2.45, 2.75) is 58.5 Å². The fourth-order valence-corrected chi connectivity index (χ4v) is 4.85. The lowest BCUT2D eigenvalue weighted by molar-refractivity contribution is -0.141. The maximum atomic E-state index is 13.9. The van der Waals surface area contributed by atoms with Crippen molar-refractivity contribution in [3.63, 3.8) is 0 Å². The molecule has 196 valence electrons. The van der Waals surface area contributed by atoms with Gasteiger partial charge in [-0.15, -0.1) is 0 Å². The lowest BCUT2D eigenvalue weighted by Crippen LogP contribution is -2.50. The summed E-state index contributed by atoms with van der Waals surface area (Å²) in [7, 11) is 0. The molecule has 1 atom stereocenters. The molecule has 0 saturated heterocycles. The van der Waals surface area contributed by atoms with E-state index in [2.05, 4.69) is 67.7 Å². The third-order valence-electron chi connectivity index (χ3n) is 7.06. The molecule has 4 aromatic carbocycles. The Bertz CT molecular complexity index is 1330. The van der Waals surface area contributed by atoms with Crippen molar-refractivity contribution in [2.75, 3.05) is 6.54 Å². The van der Waals surface area contributed by atoms with Crippen LogP contribution in [0.2, 0.25) is 0 Å². The maximum absolute atomic E-state index is 13.9. The van der Waals surface area contributed by atoms with E-state index in [9.17, 15) is 9.59 Å². The quantitative estimate of drug-likeness (QED) is 0.219. The molecule has 0 bridgehead atoms. The predicted molar refractivity (Wildman–Crippen MR) is 156 cm³/mol. The van der Waals surface area contributed by atoms with Gasteiger partial charge in [0.25, 0.3) is 0 Å². The Balaban J connectivity index is 1.62. The van der Waals surface area contributed by atoms with Gasteiger partial charge >= 0.3 is 0 Å². The van der Waals surface area contributed by atoms with E-state index in [0.29, 0.717) is 32.4 Å². The Morgan fingerprint density at radius 3 is 2.29 bits per heavy atom. The summed E-state index contributed by atoms with van der Waals surface area (Å²) in [6.45, 7) is 5.17. The zero-order valence-electron chi connectivity index (χ0n) is 22.5. The molecule has 4 nitrogen and oxygen atoms in total. The minimum atomic E-state index is -0.587. The van der Waals surface area contributed by atoms with Gasteiger partial charge in [0.05, 0.1) is 0 Å². The highest BCUT2D eigenvalue weighted by atomic mass is 16.2. The first-order chi connectivity index (χ1) is 18.5. The molecule has 38 heavy (non-hydrogen) atoms. The van der Waals surface area contributed by atoms with Gasteiger partial charge in [-0.3, -0.25) is 9.59 Å². The maximum Gasteiger partial charge on any atom is 0.243 e. The van der Waals surface area contributed by atoms with E-state index in [1.807, 2.05) is 48.5 Å². The van der Waals surface area contributed by atoms with E-state index in [0.717, 1.165) is 29.5 Å². The number of amides is 2. The van der Waals surface area contributed by atoms with Crippen LogP contribution in [0.15, 0.2) is 97.1 Å². The van der Waals surface area contributed by atoms with Crippen LogP contribution in [0.1, 0.15) is 48.4 Å². The standard InChI is InChI=1S/C34H38N2O2/c1-3-4-23-35-34(38)32(24-27-11-6-5-7-12-27)36(25-28-19-17-26(2)18-20-28)33(37)22-21-30-15-10-14-29-13-8-9-16-31(29)30/h5-20,32H,3-4,21-25H2,1-2H3,(H,35,38)/t32-/m1/s1. The summed E-state index contributed by atoms with van der Waals surface area (Å²) in [6, 6.07) is 32.1. The van der Waals surface area contributed by atoms with Crippen molar-refractivity contribution >= 4 is 22.6 Å². The zero-order valence-corrected chi connectivity index (χ0v) is 22.5. The van der Waals surface area contributed by atoms with E-state index < -0.39 is 6.04 Å². The Labute approximate surface area is 226 Å². The number of carbonyl (C=O) groups is 2. The van der Waals surface area contributed by atoms with Gasteiger partial charge in [-0.05, 0) is 47.2 Å². The van der Waals surface area contributed by atoms with Gasteiger partial charge < -0.3 is 10.2 Å². The minimum Gasteiger partial charge on any atom is -0.354 e. The number of carbonyl (C=O) groups excluding carboxylic acids is 2. The van der Waals surface area contributed by atoms with Gasteiger partial charge in [0.1, 0.15) is 6.04 Å². The molecule has 4 rings (SSSR count). The molecule has 0 saturated carbocycles. The SMILES string of the molecule is CCCCNC(=O)[C@@H](Cc1ccccc1)N(Cc1ccc(C)cc1)C(=O)CCc1cccc2ccccc12. The van der Waals surface area contributed by atoms with Crippen molar-refractivity contribution in [3.05, 3.63) is 119 Å². The van der Waals surface area contributed by atoms with Crippen LogP contribution in [0, 0.1) is 6.92 Å². The van der Waals surface area contributed by atoms with Crippen LogP contribution in [0.3, 0.4) is 0 Å². The monoisotopic (exact) mass is 506 g/mol. The van der Waals surface area contributed by atoms with E-state index in [1.165, 1.54) is 16.3 Å². The minimum absolute atomic E-state index is 0.00918. The number of hydrogen-bond acceptors (Lipinski definition) is 2. The lowest BCUT2D eigenvalue weighted by Gasteiger charge is -2.32. The van der Waals surface area contributed by atoms with E-state index in [4.69, 9.17) is 0 Å². The van der Waals surface area contributed by atoms with Crippen molar-refractivity contribution < 1.29 is 9.59 Å². The smallest absolute Gasteiger partial charge is 0.243 e. The number of benzene rings is 4. The van der Waals surface area contributed by atoms with Crippen molar-refractivity contribution in [1.29, 1.82) is 0 Å². The second kappa shape index (κ2) is 13.6. The summed E-state index contributed by atoms with van der Waals surface area (Å²) in [4.78, 5) is 29.3. The Hall–Kier alpha value is -3.92. The Morgan fingerprint density at radius 2 is 1.53 bits per heavy atom. The molecule has 0 radical (unpaired) electrons. The molecule has 0 aromatic heterocycles. The Morgan fingerprint density at radius 1 is 0.816 bits per heavy atom. The molecule has 0 aliphatic carbocycles. The van der Waals surface area contributed by atoms with Gasteiger partial charge in [0.2, 0.25) is 11.8 Å². The fourth-order valence-electron chi connectivity index (χ4n) is 4.85. The van der Waals surface area contributed by atoms with Crippen molar-refractivity contribution in [2.24, 2.45) is 0 Å². The molecule has 0 aliphatic heterocycles. The summed E-state index contributed by atoms with van der Waals surface area (Å²) in [5.41, 5.74) is 4.38. The number of nitrogens with zero attached hydrogens (tertiary/aromatic N) is 1. The van der Waals surface area contributed by atoms with Crippen molar-refractivity contribution in [3.8, 4) is 0 Å². The number of hydrogen-bond donors (Lipinski definition) is 1. The first kappa shape index (κ1) is 27.1. The molecule has 2 amide bonds. The van der Waals surface area contributed by atoms with Crippen LogP contribution in [0.25, 0.3) is 10.8 Å². The van der Waals surface area contributed by atoms with Crippen LogP contribution < -0.4 is 5.32 Å². The summed E-state index contributed by atoms with van der Waals surface area (Å²) < 4.78 is 0. The van der Waals surface area contributed by atoms with Crippen molar-refractivity contribution in [1.82, 2.24) is 10.2 Å². The number of fused-ring (bicyclic) bond motifs is 1. The number of aryl methyl sites for hydroxylation is 2. The summed E-state index contributed by atoms with van der Waals surface area (Å²) >= 11 is 0. The average Bonchev–Trinajstić information content (AvgIpc) is 2.95. The molecule has 0 unspecified atom stereocenters. The summed E-state index contributed by atoms with van der Waals surface area (Å²) in [6.07, 6.45) is 3.36. The third-order valence-corrected chi connectivity index (χ3v) is 7.06. The third kappa shape index (κ3) is 7.32. The largest absolute Gasteiger partial charge is 0.354 e. The molecular weight excluding hydrogens is 468 g/mol. The molecule has 0 aliphatic rings. The van der Waals surface area contributed by atoms with Gasteiger partial charge in [-0.2, -0.15) is 0 Å². The second-order valence-corrected chi connectivity index (χ2v) is 10.00. The fraction of sp³-hybridized carbons (Fsp3) is 0.294. The first-order valence-electron chi connectivity index (χ1n) is 13.7.